The minimum atomic E-state index is -0.279. The number of hydrogen-bond donors (Lipinski definition) is 1. The van der Waals surface area contributed by atoms with Crippen LogP contribution >= 0.6 is 0 Å². The van der Waals surface area contributed by atoms with Gasteiger partial charge in [-0.3, -0.25) is 4.90 Å². The fourth-order valence-corrected chi connectivity index (χ4v) is 4.07. The van der Waals surface area contributed by atoms with Gasteiger partial charge in [0.05, 0.1) is 11.7 Å². The summed E-state index contributed by atoms with van der Waals surface area (Å²) in [5.74, 6) is 0. The highest BCUT2D eigenvalue weighted by Gasteiger charge is 2.43. The monoisotopic (exact) mass is 311 g/mol. The summed E-state index contributed by atoms with van der Waals surface area (Å²) in [6.07, 6.45) is 3.50. The second-order valence-electron chi connectivity index (χ2n) is 7.03. The Bertz CT molecular complexity index is 676. The summed E-state index contributed by atoms with van der Waals surface area (Å²) in [7, 11) is 0. The molecular formula is C20H25NO2. The third kappa shape index (κ3) is 3.01. The molecule has 3 heteroatoms. The Balaban J connectivity index is 1.42. The molecule has 0 aromatic heterocycles. The van der Waals surface area contributed by atoms with Crippen molar-refractivity contribution in [3.05, 3.63) is 48.0 Å². The van der Waals surface area contributed by atoms with E-state index in [1.54, 1.807) is 0 Å². The molecule has 2 aliphatic rings. The largest absolute Gasteiger partial charge is 0.390 e. The van der Waals surface area contributed by atoms with Gasteiger partial charge in [0.25, 0.3) is 0 Å². The average molecular weight is 311 g/mol. The van der Waals surface area contributed by atoms with E-state index >= 15 is 0 Å². The van der Waals surface area contributed by atoms with Gasteiger partial charge in [0.1, 0.15) is 0 Å². The van der Waals surface area contributed by atoms with Crippen molar-refractivity contribution in [2.75, 3.05) is 19.7 Å². The first-order valence-corrected chi connectivity index (χ1v) is 8.77. The summed E-state index contributed by atoms with van der Waals surface area (Å²) in [5, 5.41) is 12.9. The molecule has 2 heterocycles. The van der Waals surface area contributed by atoms with Crippen molar-refractivity contribution in [1.82, 2.24) is 4.90 Å². The average Bonchev–Trinajstić information content (AvgIpc) is 2.60. The lowest BCUT2D eigenvalue weighted by Gasteiger charge is -2.46. The molecule has 2 fully saturated rings. The maximum atomic E-state index is 10.3. The molecule has 2 aromatic carbocycles. The highest BCUT2D eigenvalue weighted by molar-refractivity contribution is 5.82. The van der Waals surface area contributed by atoms with E-state index in [2.05, 4.69) is 47.4 Å². The Hall–Kier alpha value is -1.42. The van der Waals surface area contributed by atoms with E-state index in [1.807, 2.05) is 0 Å². The Morgan fingerprint density at radius 1 is 1.09 bits per heavy atom. The standard InChI is InChI=1S/C20H25NO2/c22-19-6-3-13-23-20(19)9-11-21(12-10-20)15-16-7-8-17-4-1-2-5-18(17)14-16/h1-2,4-5,7-8,14,19,22H,3,6,9-13,15H2/t19-/m1/s1. The molecule has 2 aromatic rings. The van der Waals surface area contributed by atoms with Crippen molar-refractivity contribution in [2.24, 2.45) is 0 Å². The van der Waals surface area contributed by atoms with Crippen molar-refractivity contribution >= 4 is 10.8 Å². The number of nitrogens with zero attached hydrogens (tertiary/aromatic N) is 1. The molecule has 2 saturated heterocycles. The normalized spacial score (nSPS) is 25.0. The first kappa shape index (κ1) is 15.1. The van der Waals surface area contributed by atoms with E-state index in [4.69, 9.17) is 4.74 Å². The number of ether oxygens (including phenoxy) is 1. The van der Waals surface area contributed by atoms with E-state index in [1.165, 1.54) is 16.3 Å². The Kier molecular flexibility index (Phi) is 4.10. The quantitative estimate of drug-likeness (QED) is 0.923. The van der Waals surface area contributed by atoms with E-state index in [9.17, 15) is 5.11 Å². The molecule has 0 aliphatic carbocycles. The first-order chi connectivity index (χ1) is 11.3. The number of rotatable bonds is 2. The molecule has 0 saturated carbocycles. The molecule has 0 bridgehead atoms. The molecule has 0 unspecified atom stereocenters. The second kappa shape index (κ2) is 6.23. The van der Waals surface area contributed by atoms with Crippen molar-refractivity contribution in [1.29, 1.82) is 0 Å². The Labute approximate surface area is 137 Å². The van der Waals surface area contributed by atoms with Gasteiger partial charge in [-0.25, -0.2) is 0 Å². The molecule has 1 N–H and O–H groups in total. The number of fused-ring (bicyclic) bond motifs is 1. The number of aliphatic hydroxyl groups is 1. The van der Waals surface area contributed by atoms with Gasteiger partial charge in [0.2, 0.25) is 0 Å². The zero-order chi connectivity index (χ0) is 15.7. The molecule has 0 amide bonds. The summed E-state index contributed by atoms with van der Waals surface area (Å²) in [5.41, 5.74) is 1.10. The molecule has 0 radical (unpaired) electrons. The zero-order valence-electron chi connectivity index (χ0n) is 13.6. The van der Waals surface area contributed by atoms with Crippen molar-refractivity contribution < 1.29 is 9.84 Å². The number of likely N-dealkylation sites (tertiary alicyclic amines) is 1. The van der Waals surface area contributed by atoms with Crippen LogP contribution in [-0.4, -0.2) is 41.4 Å². The predicted molar refractivity (Wildman–Crippen MR) is 92.4 cm³/mol. The highest BCUT2D eigenvalue weighted by atomic mass is 16.5. The van der Waals surface area contributed by atoms with E-state index in [0.717, 1.165) is 51.9 Å². The second-order valence-corrected chi connectivity index (χ2v) is 7.03. The van der Waals surface area contributed by atoms with Crippen LogP contribution < -0.4 is 0 Å². The fourth-order valence-electron chi connectivity index (χ4n) is 4.07. The third-order valence-electron chi connectivity index (χ3n) is 5.54. The lowest BCUT2D eigenvalue weighted by molar-refractivity contribution is -0.177. The van der Waals surface area contributed by atoms with Gasteiger partial charge in [-0.05, 0) is 48.1 Å². The maximum absolute atomic E-state index is 10.3. The molecule has 4 rings (SSSR count). The van der Waals surface area contributed by atoms with Crippen LogP contribution in [0, 0.1) is 0 Å². The van der Waals surface area contributed by atoms with Crippen molar-refractivity contribution in [2.45, 2.75) is 43.9 Å². The Morgan fingerprint density at radius 3 is 2.65 bits per heavy atom. The van der Waals surface area contributed by atoms with Gasteiger partial charge in [-0.15, -0.1) is 0 Å². The van der Waals surface area contributed by atoms with Gasteiger partial charge in [-0.2, -0.15) is 0 Å². The Morgan fingerprint density at radius 2 is 1.87 bits per heavy atom. The number of hydrogen-bond acceptors (Lipinski definition) is 3. The topological polar surface area (TPSA) is 32.7 Å². The molecular weight excluding hydrogens is 286 g/mol. The molecule has 1 spiro atoms. The smallest absolute Gasteiger partial charge is 0.0964 e. The van der Waals surface area contributed by atoms with E-state index < -0.39 is 0 Å². The van der Waals surface area contributed by atoms with Crippen LogP contribution in [0.1, 0.15) is 31.2 Å². The van der Waals surface area contributed by atoms with Gasteiger partial charge >= 0.3 is 0 Å². The lowest BCUT2D eigenvalue weighted by atomic mass is 9.82. The molecule has 2 aliphatic heterocycles. The summed E-state index contributed by atoms with van der Waals surface area (Å²) < 4.78 is 6.00. The zero-order valence-corrected chi connectivity index (χ0v) is 13.6. The number of aliphatic hydroxyl groups excluding tert-OH is 1. The summed E-state index contributed by atoms with van der Waals surface area (Å²) in [4.78, 5) is 2.49. The molecule has 3 nitrogen and oxygen atoms in total. The van der Waals surface area contributed by atoms with E-state index in [0.29, 0.717) is 0 Å². The number of piperidine rings is 1. The molecule has 1 atom stereocenters. The van der Waals surface area contributed by atoms with E-state index in [-0.39, 0.29) is 11.7 Å². The summed E-state index contributed by atoms with van der Waals surface area (Å²) >= 11 is 0. The third-order valence-corrected chi connectivity index (χ3v) is 5.54. The van der Waals surface area contributed by atoms with Gasteiger partial charge in [0, 0.05) is 26.2 Å². The van der Waals surface area contributed by atoms with Crippen LogP contribution in [0.25, 0.3) is 10.8 Å². The minimum Gasteiger partial charge on any atom is -0.390 e. The summed E-state index contributed by atoms with van der Waals surface area (Å²) in [6.45, 7) is 3.80. The van der Waals surface area contributed by atoms with Crippen molar-refractivity contribution in [3.8, 4) is 0 Å². The summed E-state index contributed by atoms with van der Waals surface area (Å²) in [6, 6.07) is 15.3. The van der Waals surface area contributed by atoms with Gasteiger partial charge in [-0.1, -0.05) is 36.4 Å². The van der Waals surface area contributed by atoms with Crippen molar-refractivity contribution in [3.63, 3.8) is 0 Å². The number of benzene rings is 2. The van der Waals surface area contributed by atoms with Gasteiger partial charge < -0.3 is 9.84 Å². The van der Waals surface area contributed by atoms with Gasteiger partial charge in [0.15, 0.2) is 0 Å². The highest BCUT2D eigenvalue weighted by Crippen LogP contribution is 2.35. The maximum Gasteiger partial charge on any atom is 0.0964 e. The lowest BCUT2D eigenvalue weighted by Crippen LogP contribution is -2.55. The fraction of sp³-hybridized carbons (Fsp3) is 0.500. The molecule has 122 valence electrons. The van der Waals surface area contributed by atoms with Crippen LogP contribution in [0.2, 0.25) is 0 Å². The SMILES string of the molecule is O[C@@H]1CCCOC12CCN(Cc1ccc3ccccc3c1)CC2. The van der Waals surface area contributed by atoms with Crippen LogP contribution in [0.4, 0.5) is 0 Å². The van der Waals surface area contributed by atoms with Crippen LogP contribution in [0.15, 0.2) is 42.5 Å². The minimum absolute atomic E-state index is 0.266. The molecule has 23 heavy (non-hydrogen) atoms. The first-order valence-electron chi connectivity index (χ1n) is 8.77. The van der Waals surface area contributed by atoms with Crippen LogP contribution in [0.3, 0.4) is 0 Å². The van der Waals surface area contributed by atoms with Crippen LogP contribution in [-0.2, 0) is 11.3 Å². The predicted octanol–water partition coefficient (Wildman–Crippen LogP) is 3.35. The van der Waals surface area contributed by atoms with Crippen LogP contribution in [0.5, 0.6) is 0 Å².